The van der Waals surface area contributed by atoms with E-state index in [1.165, 1.54) is 5.56 Å². The van der Waals surface area contributed by atoms with E-state index in [9.17, 15) is 8.42 Å². The molecule has 0 heterocycles. The topological polar surface area (TPSA) is 60.2 Å². The number of rotatable bonds is 7. The van der Waals surface area contributed by atoms with Gasteiger partial charge in [-0.25, -0.2) is 8.42 Å². The highest BCUT2D eigenvalue weighted by Crippen LogP contribution is 2.05. The van der Waals surface area contributed by atoms with Crippen molar-refractivity contribution in [3.63, 3.8) is 0 Å². The van der Waals surface area contributed by atoms with Crippen LogP contribution in [0.3, 0.4) is 0 Å². The maximum atomic E-state index is 11.5. The quantitative estimate of drug-likeness (QED) is 0.784. The van der Waals surface area contributed by atoms with Crippen LogP contribution in [0.2, 0.25) is 0 Å². The molecule has 0 aliphatic carbocycles. The van der Waals surface area contributed by atoms with Crippen molar-refractivity contribution in [3.8, 4) is 0 Å². The molecule has 0 radical (unpaired) electrons. The Morgan fingerprint density at radius 3 is 2.25 bits per heavy atom. The van der Waals surface area contributed by atoms with E-state index >= 15 is 0 Å². The van der Waals surface area contributed by atoms with Gasteiger partial charge in [-0.1, -0.05) is 30.3 Å². The van der Waals surface area contributed by atoms with Crippen LogP contribution in [0.1, 0.15) is 18.4 Å². The van der Waals surface area contributed by atoms with Gasteiger partial charge in [-0.05, 0) is 31.4 Å². The summed E-state index contributed by atoms with van der Waals surface area (Å²) in [7, 11) is -2.89. The van der Waals surface area contributed by atoms with Crippen molar-refractivity contribution in [2.45, 2.75) is 19.3 Å². The van der Waals surface area contributed by atoms with Gasteiger partial charge in [-0.15, -0.1) is 0 Å². The molecule has 1 aromatic rings. The molecule has 0 fully saturated rings. The van der Waals surface area contributed by atoms with E-state index in [1.807, 2.05) is 30.3 Å². The molecule has 0 aliphatic heterocycles. The minimum absolute atomic E-state index is 0.221. The lowest BCUT2D eigenvalue weighted by Crippen LogP contribution is -2.14. The molecule has 4 heteroatoms. The second kappa shape index (κ2) is 6.66. The Balaban J connectivity index is 2.30. The van der Waals surface area contributed by atoms with Crippen LogP contribution in [-0.4, -0.2) is 26.5 Å². The number of benzene rings is 1. The molecule has 90 valence electrons. The zero-order valence-electron chi connectivity index (χ0n) is 9.43. The first-order chi connectivity index (χ1) is 7.64. The van der Waals surface area contributed by atoms with E-state index in [4.69, 9.17) is 5.73 Å². The van der Waals surface area contributed by atoms with Crippen molar-refractivity contribution >= 4 is 9.84 Å². The van der Waals surface area contributed by atoms with E-state index in [-0.39, 0.29) is 11.5 Å². The Hall–Kier alpha value is -0.870. The van der Waals surface area contributed by atoms with Gasteiger partial charge in [0.1, 0.15) is 9.84 Å². The third-order valence-corrected chi connectivity index (χ3v) is 4.24. The lowest BCUT2D eigenvalue weighted by molar-refractivity contribution is 0.591. The summed E-state index contributed by atoms with van der Waals surface area (Å²) < 4.78 is 23.0. The van der Waals surface area contributed by atoms with Gasteiger partial charge in [0.15, 0.2) is 0 Å². The van der Waals surface area contributed by atoms with Crippen LogP contribution in [0.4, 0.5) is 0 Å². The van der Waals surface area contributed by atoms with Crippen molar-refractivity contribution in [1.82, 2.24) is 0 Å². The van der Waals surface area contributed by atoms with E-state index in [1.54, 1.807) is 0 Å². The standard InChI is InChI=1S/C12H19NO2S/c13-9-5-11-16(14,15)10-4-8-12-6-2-1-3-7-12/h1-3,6-7H,4-5,8-11,13H2. The van der Waals surface area contributed by atoms with Gasteiger partial charge >= 0.3 is 0 Å². The fourth-order valence-electron chi connectivity index (χ4n) is 1.55. The van der Waals surface area contributed by atoms with Crippen molar-refractivity contribution < 1.29 is 8.42 Å². The summed E-state index contributed by atoms with van der Waals surface area (Å²) >= 11 is 0. The second-order valence-electron chi connectivity index (χ2n) is 3.88. The molecule has 0 atom stereocenters. The molecule has 0 saturated heterocycles. The molecular weight excluding hydrogens is 222 g/mol. The Labute approximate surface area is 97.6 Å². The molecule has 0 bridgehead atoms. The van der Waals surface area contributed by atoms with Crippen LogP contribution in [0, 0.1) is 0 Å². The Morgan fingerprint density at radius 1 is 1.00 bits per heavy atom. The van der Waals surface area contributed by atoms with Gasteiger partial charge in [0.05, 0.1) is 11.5 Å². The normalized spacial score (nSPS) is 11.6. The maximum Gasteiger partial charge on any atom is 0.150 e. The molecule has 0 unspecified atom stereocenters. The third kappa shape index (κ3) is 5.28. The summed E-state index contributed by atoms with van der Waals surface area (Å²) in [6, 6.07) is 9.94. The minimum atomic E-state index is -2.89. The minimum Gasteiger partial charge on any atom is -0.330 e. The van der Waals surface area contributed by atoms with Gasteiger partial charge in [-0.3, -0.25) is 0 Å². The summed E-state index contributed by atoms with van der Waals surface area (Å²) in [5.74, 6) is 0.486. The SMILES string of the molecule is NCCCS(=O)(=O)CCCc1ccccc1. The Morgan fingerprint density at radius 2 is 1.62 bits per heavy atom. The zero-order valence-corrected chi connectivity index (χ0v) is 10.2. The summed E-state index contributed by atoms with van der Waals surface area (Å²) in [6.07, 6.45) is 2.08. The van der Waals surface area contributed by atoms with Gasteiger partial charge < -0.3 is 5.73 Å². The van der Waals surface area contributed by atoms with Gasteiger partial charge in [0.25, 0.3) is 0 Å². The molecule has 0 aromatic heterocycles. The molecule has 0 amide bonds. The first-order valence-corrected chi connectivity index (χ1v) is 7.40. The number of hydrogen-bond acceptors (Lipinski definition) is 3. The number of aryl methyl sites for hydroxylation is 1. The lowest BCUT2D eigenvalue weighted by atomic mass is 10.1. The predicted molar refractivity (Wildman–Crippen MR) is 67.1 cm³/mol. The van der Waals surface area contributed by atoms with Crippen LogP contribution >= 0.6 is 0 Å². The Kier molecular flexibility index (Phi) is 5.49. The van der Waals surface area contributed by atoms with E-state index in [2.05, 4.69) is 0 Å². The first kappa shape index (κ1) is 13.2. The monoisotopic (exact) mass is 241 g/mol. The summed E-state index contributed by atoms with van der Waals surface area (Å²) in [5, 5.41) is 0. The largest absolute Gasteiger partial charge is 0.330 e. The highest BCUT2D eigenvalue weighted by Gasteiger charge is 2.09. The van der Waals surface area contributed by atoms with Crippen LogP contribution in [0.15, 0.2) is 30.3 Å². The molecule has 2 N–H and O–H groups in total. The molecule has 0 aliphatic rings. The summed E-state index contributed by atoms with van der Waals surface area (Å²) in [6.45, 7) is 0.442. The van der Waals surface area contributed by atoms with Crippen molar-refractivity contribution in [3.05, 3.63) is 35.9 Å². The maximum absolute atomic E-state index is 11.5. The van der Waals surface area contributed by atoms with Gasteiger partial charge in [0.2, 0.25) is 0 Å². The molecule has 16 heavy (non-hydrogen) atoms. The van der Waals surface area contributed by atoms with Gasteiger partial charge in [0, 0.05) is 0 Å². The number of sulfone groups is 1. The van der Waals surface area contributed by atoms with Crippen molar-refractivity contribution in [2.24, 2.45) is 5.73 Å². The molecule has 1 aromatic carbocycles. The van der Waals surface area contributed by atoms with Crippen molar-refractivity contribution in [2.75, 3.05) is 18.1 Å². The molecule has 1 rings (SSSR count). The molecule has 0 spiro atoms. The fourth-order valence-corrected chi connectivity index (χ4v) is 2.94. The first-order valence-electron chi connectivity index (χ1n) is 5.58. The lowest BCUT2D eigenvalue weighted by Gasteiger charge is -2.03. The predicted octanol–water partition coefficient (Wildman–Crippen LogP) is 1.38. The highest BCUT2D eigenvalue weighted by molar-refractivity contribution is 7.91. The number of hydrogen-bond donors (Lipinski definition) is 1. The summed E-state index contributed by atoms with van der Waals surface area (Å²) in [4.78, 5) is 0. The second-order valence-corrected chi connectivity index (χ2v) is 6.19. The summed E-state index contributed by atoms with van der Waals surface area (Å²) in [5.41, 5.74) is 6.48. The van der Waals surface area contributed by atoms with E-state index in [0.717, 1.165) is 6.42 Å². The Bertz CT molecular complexity index is 387. The zero-order chi connectivity index (χ0) is 11.9. The van der Waals surface area contributed by atoms with Crippen LogP contribution in [-0.2, 0) is 16.3 Å². The van der Waals surface area contributed by atoms with E-state index in [0.29, 0.717) is 19.4 Å². The van der Waals surface area contributed by atoms with Gasteiger partial charge in [-0.2, -0.15) is 0 Å². The number of nitrogens with two attached hydrogens (primary N) is 1. The molecule has 0 saturated carbocycles. The van der Waals surface area contributed by atoms with Crippen molar-refractivity contribution in [1.29, 1.82) is 0 Å². The smallest absolute Gasteiger partial charge is 0.150 e. The average molecular weight is 241 g/mol. The average Bonchev–Trinajstić information content (AvgIpc) is 2.28. The molecule has 3 nitrogen and oxygen atoms in total. The van der Waals surface area contributed by atoms with Crippen LogP contribution in [0.5, 0.6) is 0 Å². The van der Waals surface area contributed by atoms with Crippen LogP contribution in [0.25, 0.3) is 0 Å². The highest BCUT2D eigenvalue weighted by atomic mass is 32.2. The molecular formula is C12H19NO2S. The van der Waals surface area contributed by atoms with E-state index < -0.39 is 9.84 Å². The fraction of sp³-hybridized carbons (Fsp3) is 0.500. The van der Waals surface area contributed by atoms with Crippen LogP contribution < -0.4 is 5.73 Å². The third-order valence-electron chi connectivity index (χ3n) is 2.42.